The molecule has 0 aliphatic heterocycles. The molecule has 3 rings (SSSR count). The highest BCUT2D eigenvalue weighted by Gasteiger charge is 2.16. The first-order valence-electron chi connectivity index (χ1n) is 6.79. The lowest BCUT2D eigenvalue weighted by molar-refractivity contribution is 0.0997. The van der Waals surface area contributed by atoms with Crippen LogP contribution < -0.4 is 11.1 Å². The maximum Gasteiger partial charge on any atom is 0.269 e. The molecule has 0 saturated heterocycles. The Bertz CT molecular complexity index is 831. The van der Waals surface area contributed by atoms with Crippen LogP contribution in [0.4, 0.5) is 5.95 Å². The molecule has 0 saturated carbocycles. The van der Waals surface area contributed by atoms with E-state index < -0.39 is 5.91 Å². The number of aryl methyl sites for hydroxylation is 1. The number of hydrogen-bond donors (Lipinski definition) is 2. The molecule has 7 heteroatoms. The zero-order valence-corrected chi connectivity index (χ0v) is 13.0. The number of pyridine rings is 1. The minimum Gasteiger partial charge on any atom is -0.364 e. The second-order valence-electron chi connectivity index (χ2n) is 4.98. The molecule has 1 atom stereocenters. The number of aromatic nitrogens is 3. The van der Waals surface area contributed by atoms with E-state index in [4.69, 9.17) is 5.73 Å². The molecule has 0 unspecified atom stereocenters. The van der Waals surface area contributed by atoms with Crippen LogP contribution in [0.15, 0.2) is 30.6 Å². The first kappa shape index (κ1) is 14.4. The molecule has 3 N–H and O–H groups in total. The van der Waals surface area contributed by atoms with Gasteiger partial charge in [-0.2, -0.15) is 0 Å². The van der Waals surface area contributed by atoms with Crippen LogP contribution in [0.1, 0.15) is 33.9 Å². The van der Waals surface area contributed by atoms with E-state index in [1.54, 1.807) is 12.4 Å². The fraction of sp³-hybridized carbons (Fsp3) is 0.200. The van der Waals surface area contributed by atoms with Crippen molar-refractivity contribution in [2.24, 2.45) is 5.73 Å². The number of nitrogens with zero attached hydrogens (tertiary/aromatic N) is 3. The van der Waals surface area contributed by atoms with E-state index in [-0.39, 0.29) is 11.7 Å². The molecule has 0 aliphatic carbocycles. The van der Waals surface area contributed by atoms with Gasteiger partial charge in [0.05, 0.1) is 16.3 Å². The maximum atomic E-state index is 11.6. The van der Waals surface area contributed by atoms with Crippen molar-refractivity contribution < 1.29 is 4.79 Å². The van der Waals surface area contributed by atoms with Crippen LogP contribution in [0.5, 0.6) is 0 Å². The van der Waals surface area contributed by atoms with Crippen molar-refractivity contribution in [3.05, 3.63) is 46.7 Å². The Morgan fingerprint density at radius 2 is 2.23 bits per heavy atom. The molecule has 3 aromatic rings. The number of carbonyl (C=O) groups excluding carboxylic acids is 1. The van der Waals surface area contributed by atoms with Gasteiger partial charge in [-0.25, -0.2) is 9.97 Å². The summed E-state index contributed by atoms with van der Waals surface area (Å²) in [6.45, 7) is 3.94. The van der Waals surface area contributed by atoms with Crippen LogP contribution in [0, 0.1) is 6.92 Å². The molecule has 1 amide bonds. The summed E-state index contributed by atoms with van der Waals surface area (Å²) in [5.74, 6) is -0.165. The number of nitrogens with one attached hydrogen (secondary N) is 1. The molecule has 6 nitrogen and oxygen atoms in total. The molecule has 0 bridgehead atoms. The lowest BCUT2D eigenvalue weighted by Gasteiger charge is -2.14. The summed E-state index contributed by atoms with van der Waals surface area (Å²) in [6.07, 6.45) is 3.50. The number of anilines is 1. The largest absolute Gasteiger partial charge is 0.364 e. The van der Waals surface area contributed by atoms with Crippen LogP contribution in [0.2, 0.25) is 0 Å². The highest BCUT2D eigenvalue weighted by molar-refractivity contribution is 7.19. The Morgan fingerprint density at radius 1 is 1.41 bits per heavy atom. The molecule has 22 heavy (non-hydrogen) atoms. The molecule has 3 aromatic heterocycles. The van der Waals surface area contributed by atoms with Gasteiger partial charge in [0.2, 0.25) is 5.95 Å². The van der Waals surface area contributed by atoms with Crippen molar-refractivity contribution in [2.45, 2.75) is 19.9 Å². The number of carbonyl (C=O) groups is 1. The second-order valence-corrected chi connectivity index (χ2v) is 6.24. The Balaban J connectivity index is 1.99. The third-order valence-electron chi connectivity index (χ3n) is 3.26. The first-order valence-corrected chi connectivity index (χ1v) is 7.60. The van der Waals surface area contributed by atoms with Gasteiger partial charge in [-0.15, -0.1) is 11.3 Å². The van der Waals surface area contributed by atoms with E-state index in [1.165, 1.54) is 11.3 Å². The summed E-state index contributed by atoms with van der Waals surface area (Å²) in [5, 5.41) is 3.19. The Kier molecular flexibility index (Phi) is 3.72. The Morgan fingerprint density at radius 3 is 2.91 bits per heavy atom. The molecule has 0 spiro atoms. The van der Waals surface area contributed by atoms with E-state index in [0.717, 1.165) is 20.7 Å². The zero-order valence-electron chi connectivity index (χ0n) is 12.2. The quantitative estimate of drug-likeness (QED) is 0.772. The predicted molar refractivity (Wildman–Crippen MR) is 86.9 cm³/mol. The molecule has 0 aromatic carbocycles. The minimum absolute atomic E-state index is 0.0355. The summed E-state index contributed by atoms with van der Waals surface area (Å²) >= 11 is 1.47. The average Bonchev–Trinajstić information content (AvgIpc) is 2.87. The van der Waals surface area contributed by atoms with Crippen molar-refractivity contribution in [3.8, 4) is 0 Å². The van der Waals surface area contributed by atoms with Crippen LogP contribution in [-0.2, 0) is 0 Å². The normalized spacial score (nSPS) is 12.3. The highest BCUT2D eigenvalue weighted by Crippen LogP contribution is 2.28. The number of amides is 1. The van der Waals surface area contributed by atoms with Gasteiger partial charge in [-0.3, -0.25) is 9.78 Å². The van der Waals surface area contributed by atoms with Gasteiger partial charge in [0.25, 0.3) is 5.91 Å². The van der Waals surface area contributed by atoms with Gasteiger partial charge < -0.3 is 11.1 Å². The molecule has 0 radical (unpaired) electrons. The van der Waals surface area contributed by atoms with Crippen LogP contribution in [-0.4, -0.2) is 20.9 Å². The number of thiophene rings is 1. The summed E-state index contributed by atoms with van der Waals surface area (Å²) < 4.78 is 0.726. The Hall–Kier alpha value is -2.54. The lowest BCUT2D eigenvalue weighted by atomic mass is 10.1. The minimum atomic E-state index is -0.550. The number of nitrogens with two attached hydrogens (primary N) is 1. The third kappa shape index (κ3) is 2.75. The van der Waals surface area contributed by atoms with Crippen molar-refractivity contribution >= 4 is 33.4 Å². The molecule has 0 aliphatic rings. The van der Waals surface area contributed by atoms with Gasteiger partial charge in [0.1, 0.15) is 0 Å². The van der Waals surface area contributed by atoms with Crippen molar-refractivity contribution in [1.82, 2.24) is 15.0 Å². The van der Waals surface area contributed by atoms with E-state index in [9.17, 15) is 4.79 Å². The number of hydrogen-bond acceptors (Lipinski definition) is 6. The first-order chi connectivity index (χ1) is 10.5. The molecule has 112 valence electrons. The predicted octanol–water partition coefficient (Wildman–Crippen LogP) is 2.67. The van der Waals surface area contributed by atoms with E-state index in [1.807, 2.05) is 32.0 Å². The fourth-order valence-corrected chi connectivity index (χ4v) is 3.13. The molecule has 0 fully saturated rings. The molecular weight excluding hydrogens is 298 g/mol. The topological polar surface area (TPSA) is 93.8 Å². The second kappa shape index (κ2) is 5.69. The van der Waals surface area contributed by atoms with Gasteiger partial charge in [0, 0.05) is 17.3 Å². The summed E-state index contributed by atoms with van der Waals surface area (Å²) in [4.78, 5) is 25.5. The van der Waals surface area contributed by atoms with E-state index in [2.05, 4.69) is 20.3 Å². The van der Waals surface area contributed by atoms with Crippen LogP contribution in [0.25, 0.3) is 10.2 Å². The molecular formula is C15H15N5OS. The maximum absolute atomic E-state index is 11.6. The summed E-state index contributed by atoms with van der Waals surface area (Å²) in [5.41, 5.74) is 7.43. The van der Waals surface area contributed by atoms with Gasteiger partial charge in [-0.1, -0.05) is 6.07 Å². The standard InChI is InChI=1S/C15H15N5OS/c1-8-6-11-13(22-8)12(14(16)21)20-15(19-11)18-9(2)10-4-3-5-17-7-10/h3-7,9H,1-2H3,(H2,16,21)(H,18,19,20)/t9-/m0/s1. The van der Waals surface area contributed by atoms with E-state index >= 15 is 0 Å². The van der Waals surface area contributed by atoms with Gasteiger partial charge in [-0.05, 0) is 31.5 Å². The summed E-state index contributed by atoms with van der Waals surface area (Å²) in [7, 11) is 0. The third-order valence-corrected chi connectivity index (χ3v) is 4.30. The molecule has 3 heterocycles. The smallest absolute Gasteiger partial charge is 0.269 e. The summed E-state index contributed by atoms with van der Waals surface area (Å²) in [6, 6.07) is 5.72. The van der Waals surface area contributed by atoms with Crippen LogP contribution >= 0.6 is 11.3 Å². The van der Waals surface area contributed by atoms with Gasteiger partial charge in [0.15, 0.2) is 5.69 Å². The van der Waals surface area contributed by atoms with Crippen molar-refractivity contribution in [2.75, 3.05) is 5.32 Å². The highest BCUT2D eigenvalue weighted by atomic mass is 32.1. The monoisotopic (exact) mass is 313 g/mol. The Labute approximate surface area is 131 Å². The number of rotatable bonds is 4. The number of primary amides is 1. The van der Waals surface area contributed by atoms with E-state index in [0.29, 0.717) is 5.95 Å². The SMILES string of the molecule is Cc1cc2nc(N[C@@H](C)c3cccnc3)nc(C(N)=O)c2s1. The lowest BCUT2D eigenvalue weighted by Crippen LogP contribution is -2.16. The van der Waals surface area contributed by atoms with Gasteiger partial charge >= 0.3 is 0 Å². The number of fused-ring (bicyclic) bond motifs is 1. The van der Waals surface area contributed by atoms with Crippen molar-refractivity contribution in [3.63, 3.8) is 0 Å². The van der Waals surface area contributed by atoms with Crippen molar-refractivity contribution in [1.29, 1.82) is 0 Å². The fourth-order valence-electron chi connectivity index (χ4n) is 2.19. The average molecular weight is 313 g/mol. The zero-order chi connectivity index (χ0) is 15.7. The van der Waals surface area contributed by atoms with Crippen LogP contribution in [0.3, 0.4) is 0 Å².